The fourth-order valence-electron chi connectivity index (χ4n) is 1.72. The maximum atomic E-state index is 11.8. The fourth-order valence-corrected chi connectivity index (χ4v) is 1.72. The van der Waals surface area contributed by atoms with E-state index in [0.29, 0.717) is 13.2 Å². The molecule has 1 rings (SSSR count). The Hall–Kier alpha value is -1.45. The Labute approximate surface area is 114 Å². The number of aliphatic hydroxyl groups excluding tert-OH is 1. The number of hydrogen-bond donors (Lipinski definition) is 1. The lowest BCUT2D eigenvalue weighted by Crippen LogP contribution is -2.21. The molecule has 3 nitrogen and oxygen atoms in total. The summed E-state index contributed by atoms with van der Waals surface area (Å²) in [4.78, 5) is 11.8. The molecule has 3 heteroatoms. The molecule has 0 fully saturated rings. The van der Waals surface area contributed by atoms with E-state index in [9.17, 15) is 9.90 Å². The van der Waals surface area contributed by atoms with Gasteiger partial charge in [0.25, 0.3) is 0 Å². The van der Waals surface area contributed by atoms with Gasteiger partial charge in [-0.1, -0.05) is 49.4 Å². The largest absolute Gasteiger partial charge is 0.389 e. The van der Waals surface area contributed by atoms with Gasteiger partial charge in [-0.2, -0.15) is 0 Å². The van der Waals surface area contributed by atoms with Crippen LogP contribution in [-0.4, -0.2) is 23.6 Å². The van der Waals surface area contributed by atoms with Gasteiger partial charge in [0.2, 0.25) is 0 Å². The summed E-state index contributed by atoms with van der Waals surface area (Å²) in [6.07, 6.45) is 2.83. The van der Waals surface area contributed by atoms with Crippen LogP contribution in [0, 0.1) is 5.92 Å². The second-order valence-corrected chi connectivity index (χ2v) is 4.67. The standard InChI is InChI=1S/C16H22O3/c1-3-7-15(17)10-16(18)13(2)11-19-12-14-8-5-4-6-9-14/h3-9,13,15,17H,10-12H2,1-2H3/b7-3+/t13-,15-/m0/s1. The quantitative estimate of drug-likeness (QED) is 0.733. The van der Waals surface area contributed by atoms with E-state index in [1.807, 2.05) is 44.2 Å². The Bertz CT molecular complexity index is 398. The van der Waals surface area contributed by atoms with Crippen LogP contribution in [0.5, 0.6) is 0 Å². The summed E-state index contributed by atoms with van der Waals surface area (Å²) in [5.74, 6) is -0.165. The Morgan fingerprint density at radius 1 is 1.37 bits per heavy atom. The SMILES string of the molecule is C/C=C/[C@H](O)CC(=O)[C@@H](C)COCc1ccccc1. The van der Waals surface area contributed by atoms with Gasteiger partial charge in [-0.25, -0.2) is 0 Å². The van der Waals surface area contributed by atoms with E-state index in [1.165, 1.54) is 0 Å². The number of benzene rings is 1. The van der Waals surface area contributed by atoms with Crippen molar-refractivity contribution in [3.8, 4) is 0 Å². The number of ketones is 1. The third-order valence-electron chi connectivity index (χ3n) is 2.85. The molecular formula is C16H22O3. The van der Waals surface area contributed by atoms with Gasteiger partial charge in [-0.3, -0.25) is 4.79 Å². The van der Waals surface area contributed by atoms with E-state index in [4.69, 9.17) is 4.74 Å². The Kier molecular flexibility index (Phi) is 7.08. The first kappa shape index (κ1) is 15.6. The van der Waals surface area contributed by atoms with Crippen LogP contribution >= 0.6 is 0 Å². The maximum absolute atomic E-state index is 11.8. The van der Waals surface area contributed by atoms with Crippen LogP contribution in [-0.2, 0) is 16.1 Å². The molecule has 1 N–H and O–H groups in total. The number of Topliss-reactive ketones (excluding diaryl/α,β-unsaturated/α-hetero) is 1. The first-order valence-corrected chi connectivity index (χ1v) is 6.58. The first-order chi connectivity index (χ1) is 9.13. The zero-order valence-electron chi connectivity index (χ0n) is 11.6. The normalized spacial score (nSPS) is 14.5. The molecule has 19 heavy (non-hydrogen) atoms. The molecule has 0 unspecified atom stereocenters. The number of aliphatic hydroxyl groups is 1. The highest BCUT2D eigenvalue weighted by Crippen LogP contribution is 2.08. The number of ether oxygens (including phenoxy) is 1. The highest BCUT2D eigenvalue weighted by Gasteiger charge is 2.15. The molecular weight excluding hydrogens is 240 g/mol. The summed E-state index contributed by atoms with van der Waals surface area (Å²) in [5.41, 5.74) is 1.09. The zero-order chi connectivity index (χ0) is 14.1. The third kappa shape index (κ3) is 6.32. The topological polar surface area (TPSA) is 46.5 Å². The minimum absolute atomic E-state index is 0.0265. The average Bonchev–Trinajstić information content (AvgIpc) is 2.40. The lowest BCUT2D eigenvalue weighted by atomic mass is 10.0. The Morgan fingerprint density at radius 2 is 2.05 bits per heavy atom. The van der Waals surface area contributed by atoms with Gasteiger partial charge in [0, 0.05) is 12.3 Å². The van der Waals surface area contributed by atoms with E-state index in [2.05, 4.69) is 0 Å². The van der Waals surface area contributed by atoms with Gasteiger partial charge in [0.15, 0.2) is 0 Å². The summed E-state index contributed by atoms with van der Waals surface area (Å²) in [6, 6.07) is 9.85. The van der Waals surface area contributed by atoms with E-state index in [-0.39, 0.29) is 18.1 Å². The maximum Gasteiger partial charge on any atom is 0.140 e. The second-order valence-electron chi connectivity index (χ2n) is 4.67. The highest BCUT2D eigenvalue weighted by molar-refractivity contribution is 5.81. The zero-order valence-corrected chi connectivity index (χ0v) is 11.6. The molecule has 0 aromatic heterocycles. The highest BCUT2D eigenvalue weighted by atomic mass is 16.5. The Balaban J connectivity index is 2.27. The van der Waals surface area contributed by atoms with E-state index >= 15 is 0 Å². The lowest BCUT2D eigenvalue weighted by Gasteiger charge is -2.12. The smallest absolute Gasteiger partial charge is 0.140 e. The number of allylic oxidation sites excluding steroid dienone is 1. The first-order valence-electron chi connectivity index (χ1n) is 6.58. The molecule has 0 aliphatic heterocycles. The molecule has 0 aliphatic carbocycles. The summed E-state index contributed by atoms with van der Waals surface area (Å²) in [7, 11) is 0. The van der Waals surface area contributed by atoms with Crippen LogP contribution in [0.15, 0.2) is 42.5 Å². The molecule has 0 aliphatic rings. The predicted molar refractivity (Wildman–Crippen MR) is 75.7 cm³/mol. The lowest BCUT2D eigenvalue weighted by molar-refractivity contribution is -0.125. The fraction of sp³-hybridized carbons (Fsp3) is 0.438. The summed E-state index contributed by atoms with van der Waals surface area (Å²) in [5, 5.41) is 9.52. The van der Waals surface area contributed by atoms with Crippen LogP contribution in [0.3, 0.4) is 0 Å². The van der Waals surface area contributed by atoms with Crippen molar-refractivity contribution < 1.29 is 14.6 Å². The Morgan fingerprint density at radius 3 is 2.68 bits per heavy atom. The molecule has 1 aromatic rings. The van der Waals surface area contributed by atoms with Crippen molar-refractivity contribution in [3.63, 3.8) is 0 Å². The van der Waals surface area contributed by atoms with Crippen molar-refractivity contribution in [3.05, 3.63) is 48.0 Å². The minimum atomic E-state index is -0.686. The summed E-state index contributed by atoms with van der Waals surface area (Å²) in [6.45, 7) is 4.54. The molecule has 0 spiro atoms. The predicted octanol–water partition coefficient (Wildman–Crippen LogP) is 2.74. The van der Waals surface area contributed by atoms with Crippen LogP contribution in [0.4, 0.5) is 0 Å². The van der Waals surface area contributed by atoms with E-state index < -0.39 is 6.10 Å². The molecule has 0 saturated heterocycles. The van der Waals surface area contributed by atoms with Crippen LogP contribution in [0.2, 0.25) is 0 Å². The molecule has 0 saturated carbocycles. The molecule has 0 amide bonds. The molecule has 0 heterocycles. The summed E-state index contributed by atoms with van der Waals surface area (Å²) >= 11 is 0. The van der Waals surface area contributed by atoms with Crippen molar-refractivity contribution >= 4 is 5.78 Å². The van der Waals surface area contributed by atoms with Crippen LogP contribution in [0.1, 0.15) is 25.8 Å². The minimum Gasteiger partial charge on any atom is -0.389 e. The number of carbonyl (C=O) groups is 1. The molecule has 1 aromatic carbocycles. The molecule has 104 valence electrons. The van der Waals surface area contributed by atoms with Gasteiger partial charge in [0.1, 0.15) is 5.78 Å². The average molecular weight is 262 g/mol. The monoisotopic (exact) mass is 262 g/mol. The van der Waals surface area contributed by atoms with Crippen molar-refractivity contribution in [2.24, 2.45) is 5.92 Å². The van der Waals surface area contributed by atoms with Gasteiger partial charge >= 0.3 is 0 Å². The van der Waals surface area contributed by atoms with Crippen LogP contribution < -0.4 is 0 Å². The second kappa shape index (κ2) is 8.62. The van der Waals surface area contributed by atoms with Crippen molar-refractivity contribution in [1.82, 2.24) is 0 Å². The van der Waals surface area contributed by atoms with Gasteiger partial charge in [-0.15, -0.1) is 0 Å². The van der Waals surface area contributed by atoms with Crippen molar-refractivity contribution in [1.29, 1.82) is 0 Å². The van der Waals surface area contributed by atoms with Crippen molar-refractivity contribution in [2.75, 3.05) is 6.61 Å². The molecule has 2 atom stereocenters. The molecule has 0 bridgehead atoms. The molecule has 0 radical (unpaired) electrons. The van der Waals surface area contributed by atoms with E-state index in [0.717, 1.165) is 5.56 Å². The van der Waals surface area contributed by atoms with E-state index in [1.54, 1.807) is 12.2 Å². The van der Waals surface area contributed by atoms with Gasteiger partial charge in [-0.05, 0) is 12.5 Å². The third-order valence-corrected chi connectivity index (χ3v) is 2.85. The van der Waals surface area contributed by atoms with Gasteiger partial charge < -0.3 is 9.84 Å². The van der Waals surface area contributed by atoms with Gasteiger partial charge in [0.05, 0.1) is 19.3 Å². The number of rotatable bonds is 8. The van der Waals surface area contributed by atoms with Crippen LogP contribution in [0.25, 0.3) is 0 Å². The van der Waals surface area contributed by atoms with Crippen molar-refractivity contribution in [2.45, 2.75) is 33.0 Å². The number of carbonyl (C=O) groups excluding carboxylic acids is 1. The summed E-state index contributed by atoms with van der Waals surface area (Å²) < 4.78 is 5.52. The number of hydrogen-bond acceptors (Lipinski definition) is 3.